The summed E-state index contributed by atoms with van der Waals surface area (Å²) in [6.45, 7) is -0.300. The number of amides is 4. The Labute approximate surface area is 143 Å². The predicted octanol–water partition coefficient (Wildman–Crippen LogP) is 1.69. The number of imide groups is 1. The molecule has 0 bridgehead atoms. The Morgan fingerprint density at radius 2 is 2.08 bits per heavy atom. The van der Waals surface area contributed by atoms with Crippen molar-refractivity contribution in [1.82, 2.24) is 14.8 Å². The second kappa shape index (κ2) is 6.39. The van der Waals surface area contributed by atoms with Gasteiger partial charge in [0.1, 0.15) is 12.1 Å². The second-order valence-corrected chi connectivity index (χ2v) is 7.06. The molecule has 0 radical (unpaired) electrons. The Hall–Kier alpha value is -2.16. The number of nitrogens with zero attached hydrogens (tertiary/aromatic N) is 3. The number of urea groups is 1. The monoisotopic (exact) mass is 352 g/mol. The van der Waals surface area contributed by atoms with Crippen LogP contribution in [0.3, 0.4) is 0 Å². The van der Waals surface area contributed by atoms with Crippen molar-refractivity contribution < 1.29 is 19.1 Å². The van der Waals surface area contributed by atoms with Gasteiger partial charge >= 0.3 is 6.03 Å². The van der Waals surface area contributed by atoms with Crippen LogP contribution in [0, 0.1) is 0 Å². The van der Waals surface area contributed by atoms with E-state index in [1.807, 2.05) is 0 Å². The fourth-order valence-corrected chi connectivity index (χ4v) is 4.03. The molecule has 1 saturated carbocycles. The van der Waals surface area contributed by atoms with Crippen LogP contribution in [0.15, 0.2) is 6.20 Å². The van der Waals surface area contributed by atoms with Crippen LogP contribution in [0.2, 0.25) is 0 Å². The molecule has 1 aliphatic heterocycles. The number of carbonyl (C=O) groups excluding carboxylic acids is 3. The summed E-state index contributed by atoms with van der Waals surface area (Å²) in [5, 5.41) is 3.54. The van der Waals surface area contributed by atoms with Gasteiger partial charge in [0, 0.05) is 7.05 Å². The van der Waals surface area contributed by atoms with Gasteiger partial charge in [-0.15, -0.1) is 0 Å². The van der Waals surface area contributed by atoms with Crippen LogP contribution in [0.1, 0.15) is 32.1 Å². The maximum absolute atomic E-state index is 12.8. The van der Waals surface area contributed by atoms with E-state index in [4.69, 9.17) is 4.74 Å². The topological polar surface area (TPSA) is 91.8 Å². The SMILES string of the molecule is COc1cnc(NC(=O)CN2C(=O)N(C)C3(CCCCC3)C2=O)s1. The minimum Gasteiger partial charge on any atom is -0.486 e. The molecule has 2 aliphatic rings. The third kappa shape index (κ3) is 2.72. The van der Waals surface area contributed by atoms with Crippen LogP contribution in [-0.4, -0.2) is 58.9 Å². The number of likely N-dealkylation sites (N-methyl/N-ethyl adjacent to an activating group) is 1. The van der Waals surface area contributed by atoms with Crippen LogP contribution in [0.25, 0.3) is 0 Å². The van der Waals surface area contributed by atoms with Gasteiger partial charge in [0.25, 0.3) is 5.91 Å². The highest BCUT2D eigenvalue weighted by molar-refractivity contribution is 7.17. The molecule has 3 rings (SSSR count). The first-order valence-electron chi connectivity index (χ1n) is 7.87. The summed E-state index contributed by atoms with van der Waals surface area (Å²) in [5.41, 5.74) is -0.764. The van der Waals surface area contributed by atoms with Crippen LogP contribution in [-0.2, 0) is 9.59 Å². The van der Waals surface area contributed by atoms with Gasteiger partial charge in [-0.1, -0.05) is 30.6 Å². The zero-order chi connectivity index (χ0) is 17.3. The van der Waals surface area contributed by atoms with Gasteiger partial charge in [-0.25, -0.2) is 9.78 Å². The van der Waals surface area contributed by atoms with Crippen LogP contribution in [0.5, 0.6) is 5.06 Å². The fourth-order valence-electron chi connectivity index (χ4n) is 3.38. The van der Waals surface area contributed by atoms with E-state index in [0.717, 1.165) is 24.2 Å². The molecule has 24 heavy (non-hydrogen) atoms. The van der Waals surface area contributed by atoms with Gasteiger partial charge in [-0.3, -0.25) is 14.5 Å². The highest BCUT2D eigenvalue weighted by Gasteiger charge is 2.55. The third-order valence-corrected chi connectivity index (χ3v) is 5.59. The van der Waals surface area contributed by atoms with Crippen LogP contribution < -0.4 is 10.1 Å². The van der Waals surface area contributed by atoms with E-state index >= 15 is 0 Å². The molecular formula is C15H20N4O4S. The molecule has 1 aromatic rings. The standard InChI is InChI=1S/C15H20N4O4S/c1-18-14(22)19(12(21)15(18)6-4-3-5-7-15)9-10(20)17-13-16-8-11(23-2)24-13/h8H,3-7,9H2,1-2H3,(H,16,17,20). The lowest BCUT2D eigenvalue weighted by Gasteiger charge is -2.35. The Balaban J connectivity index is 1.69. The van der Waals surface area contributed by atoms with Crippen LogP contribution in [0.4, 0.5) is 9.93 Å². The van der Waals surface area contributed by atoms with Gasteiger partial charge < -0.3 is 15.0 Å². The lowest BCUT2D eigenvalue weighted by Crippen LogP contribution is -2.49. The Morgan fingerprint density at radius 1 is 1.38 bits per heavy atom. The molecule has 0 aromatic carbocycles. The number of rotatable bonds is 4. The van der Waals surface area contributed by atoms with Gasteiger partial charge in [0.15, 0.2) is 10.2 Å². The number of hydrogen-bond donors (Lipinski definition) is 1. The molecule has 2 heterocycles. The largest absolute Gasteiger partial charge is 0.486 e. The third-order valence-electron chi connectivity index (χ3n) is 4.72. The normalized spacial score (nSPS) is 19.9. The van der Waals surface area contributed by atoms with Gasteiger partial charge in [0.05, 0.1) is 13.3 Å². The molecule has 0 unspecified atom stereocenters. The van der Waals surface area contributed by atoms with Gasteiger partial charge in [-0.2, -0.15) is 0 Å². The molecule has 4 amide bonds. The summed E-state index contributed by atoms with van der Waals surface area (Å²) < 4.78 is 5.01. The minimum absolute atomic E-state index is 0.262. The predicted molar refractivity (Wildman–Crippen MR) is 88.0 cm³/mol. The number of thiazole rings is 1. The molecule has 2 fully saturated rings. The molecule has 1 N–H and O–H groups in total. The number of nitrogens with one attached hydrogen (secondary N) is 1. The number of anilines is 1. The molecule has 1 aliphatic carbocycles. The molecule has 9 heteroatoms. The Bertz CT molecular complexity index is 668. The fraction of sp³-hybridized carbons (Fsp3) is 0.600. The van der Waals surface area contributed by atoms with Crippen LogP contribution >= 0.6 is 11.3 Å². The molecule has 8 nitrogen and oxygen atoms in total. The second-order valence-electron chi connectivity index (χ2n) is 6.06. The number of carbonyl (C=O) groups is 3. The first-order chi connectivity index (χ1) is 11.5. The average Bonchev–Trinajstić information content (AvgIpc) is 3.10. The van der Waals surface area contributed by atoms with Crippen molar-refractivity contribution >= 4 is 34.3 Å². The lowest BCUT2D eigenvalue weighted by molar-refractivity contribution is -0.136. The molecule has 130 valence electrons. The first-order valence-corrected chi connectivity index (χ1v) is 8.69. The van der Waals surface area contributed by atoms with Crippen molar-refractivity contribution in [2.24, 2.45) is 0 Å². The van der Waals surface area contributed by atoms with E-state index in [0.29, 0.717) is 23.0 Å². The van der Waals surface area contributed by atoms with E-state index < -0.39 is 17.5 Å². The van der Waals surface area contributed by atoms with Crippen molar-refractivity contribution in [2.45, 2.75) is 37.6 Å². The maximum Gasteiger partial charge on any atom is 0.327 e. The van der Waals surface area contributed by atoms with Crippen molar-refractivity contribution in [1.29, 1.82) is 0 Å². The van der Waals surface area contributed by atoms with Gasteiger partial charge in [-0.05, 0) is 12.8 Å². The van der Waals surface area contributed by atoms with Crippen molar-refractivity contribution in [3.63, 3.8) is 0 Å². The van der Waals surface area contributed by atoms with E-state index in [1.165, 1.54) is 29.5 Å². The first kappa shape index (κ1) is 16.7. The van der Waals surface area contributed by atoms with Crippen molar-refractivity contribution in [3.8, 4) is 5.06 Å². The maximum atomic E-state index is 12.8. The smallest absolute Gasteiger partial charge is 0.327 e. The number of methoxy groups -OCH3 is 1. The summed E-state index contributed by atoms with van der Waals surface area (Å²) in [6.07, 6.45) is 5.73. The summed E-state index contributed by atoms with van der Waals surface area (Å²) in [6, 6.07) is -0.409. The number of aromatic nitrogens is 1. The quantitative estimate of drug-likeness (QED) is 0.833. The summed E-state index contributed by atoms with van der Waals surface area (Å²) in [7, 11) is 3.16. The molecule has 0 atom stereocenters. The van der Waals surface area contributed by atoms with E-state index in [9.17, 15) is 14.4 Å². The highest BCUT2D eigenvalue weighted by atomic mass is 32.1. The Kier molecular flexibility index (Phi) is 4.44. The number of hydrogen-bond acceptors (Lipinski definition) is 6. The molecule has 1 spiro atoms. The molecule has 1 saturated heterocycles. The molecular weight excluding hydrogens is 332 g/mol. The summed E-state index contributed by atoms with van der Waals surface area (Å²) in [5.74, 6) is -0.712. The highest BCUT2D eigenvalue weighted by Crippen LogP contribution is 2.39. The van der Waals surface area contributed by atoms with E-state index in [-0.39, 0.29) is 12.5 Å². The summed E-state index contributed by atoms with van der Waals surface area (Å²) >= 11 is 1.18. The lowest BCUT2D eigenvalue weighted by atomic mass is 9.81. The zero-order valence-electron chi connectivity index (χ0n) is 13.7. The average molecular weight is 352 g/mol. The Morgan fingerprint density at radius 3 is 2.71 bits per heavy atom. The van der Waals surface area contributed by atoms with E-state index in [2.05, 4.69) is 10.3 Å². The summed E-state index contributed by atoms with van der Waals surface area (Å²) in [4.78, 5) is 44.0. The minimum atomic E-state index is -0.764. The van der Waals surface area contributed by atoms with Crippen molar-refractivity contribution in [2.75, 3.05) is 26.0 Å². The zero-order valence-corrected chi connectivity index (χ0v) is 14.5. The molecule has 1 aromatic heterocycles. The van der Waals surface area contributed by atoms with Crippen molar-refractivity contribution in [3.05, 3.63) is 6.20 Å². The number of ether oxygens (including phenoxy) is 1. The van der Waals surface area contributed by atoms with Gasteiger partial charge in [0.2, 0.25) is 5.91 Å². The van der Waals surface area contributed by atoms with E-state index in [1.54, 1.807) is 7.05 Å².